The summed E-state index contributed by atoms with van der Waals surface area (Å²) in [7, 11) is 0. The van der Waals surface area contributed by atoms with Crippen LogP contribution in [0.15, 0.2) is 84.0 Å². The van der Waals surface area contributed by atoms with Crippen molar-refractivity contribution in [2.45, 2.75) is 13.5 Å². The third-order valence-electron chi connectivity index (χ3n) is 5.03. The lowest BCUT2D eigenvalue weighted by molar-refractivity contribution is -0.123. The zero-order valence-corrected chi connectivity index (χ0v) is 17.1. The number of ether oxygens (including phenoxy) is 1. The number of fused-ring (bicyclic) bond motifs is 1. The van der Waals surface area contributed by atoms with E-state index in [9.17, 15) is 9.18 Å². The van der Waals surface area contributed by atoms with Gasteiger partial charge in [-0.2, -0.15) is 5.10 Å². The summed E-state index contributed by atoms with van der Waals surface area (Å²) in [6.45, 7) is 2.50. The van der Waals surface area contributed by atoms with Crippen molar-refractivity contribution in [2.75, 3.05) is 6.61 Å². The highest BCUT2D eigenvalue weighted by molar-refractivity contribution is 6.01. The van der Waals surface area contributed by atoms with Crippen LogP contribution in [0.1, 0.15) is 16.8 Å². The molecule has 4 rings (SSSR count). The lowest BCUT2D eigenvalue weighted by atomic mass is 10.1. The van der Waals surface area contributed by atoms with Gasteiger partial charge in [0.15, 0.2) is 6.61 Å². The van der Waals surface area contributed by atoms with Gasteiger partial charge in [0.1, 0.15) is 11.6 Å². The fraction of sp³-hybridized carbons (Fsp3) is 0.120. The number of carbonyl (C=O) groups excluding carboxylic acids is 1. The van der Waals surface area contributed by atoms with E-state index in [0.717, 1.165) is 27.7 Å². The van der Waals surface area contributed by atoms with Crippen LogP contribution in [0.3, 0.4) is 0 Å². The number of hydrazone groups is 1. The average molecular weight is 415 g/mol. The third kappa shape index (κ3) is 4.80. The number of nitrogens with one attached hydrogen (secondary N) is 1. The number of carbonyl (C=O) groups is 1. The number of rotatable bonds is 7. The second-order valence-electron chi connectivity index (χ2n) is 7.12. The van der Waals surface area contributed by atoms with Crippen LogP contribution in [-0.4, -0.2) is 23.3 Å². The van der Waals surface area contributed by atoms with Crippen LogP contribution in [0.5, 0.6) is 5.75 Å². The van der Waals surface area contributed by atoms with Crippen LogP contribution in [0, 0.1) is 12.7 Å². The first-order chi connectivity index (χ1) is 15.1. The van der Waals surface area contributed by atoms with E-state index in [1.165, 1.54) is 12.1 Å². The highest BCUT2D eigenvalue weighted by Crippen LogP contribution is 2.25. The molecule has 1 aromatic heterocycles. The van der Waals surface area contributed by atoms with E-state index in [4.69, 9.17) is 4.74 Å². The molecular weight excluding hydrogens is 393 g/mol. The van der Waals surface area contributed by atoms with Crippen molar-refractivity contribution in [1.29, 1.82) is 0 Å². The summed E-state index contributed by atoms with van der Waals surface area (Å²) in [5.41, 5.74) is 6.48. The Hall–Kier alpha value is -3.93. The molecule has 0 aliphatic carbocycles. The molecule has 0 aliphatic heterocycles. The van der Waals surface area contributed by atoms with E-state index >= 15 is 0 Å². The van der Waals surface area contributed by atoms with Crippen molar-refractivity contribution < 1.29 is 13.9 Å². The number of hydrogen-bond donors (Lipinski definition) is 1. The normalized spacial score (nSPS) is 11.2. The Balaban J connectivity index is 1.50. The maximum absolute atomic E-state index is 13.3. The summed E-state index contributed by atoms with van der Waals surface area (Å²) >= 11 is 0. The van der Waals surface area contributed by atoms with E-state index < -0.39 is 0 Å². The average Bonchev–Trinajstić information content (AvgIpc) is 3.06. The fourth-order valence-electron chi connectivity index (χ4n) is 3.46. The predicted octanol–water partition coefficient (Wildman–Crippen LogP) is 4.67. The van der Waals surface area contributed by atoms with Crippen LogP contribution in [0.25, 0.3) is 10.9 Å². The standard InChI is InChI=1S/C25H22FN3O2/c1-18-23(15-27-28-25(30)17-31-21-7-3-2-4-8-21)22-9-5-6-10-24(22)29(18)16-19-11-13-20(26)14-12-19/h2-15H,16-17H2,1H3,(H,28,30)/b27-15-. The van der Waals surface area contributed by atoms with Crippen LogP contribution in [0.4, 0.5) is 4.39 Å². The molecule has 0 fully saturated rings. The zero-order chi connectivity index (χ0) is 21.6. The van der Waals surface area contributed by atoms with Gasteiger partial charge in [0.05, 0.1) is 6.21 Å². The van der Waals surface area contributed by atoms with Crippen molar-refractivity contribution in [3.63, 3.8) is 0 Å². The number of benzene rings is 3. The first-order valence-corrected chi connectivity index (χ1v) is 9.94. The van der Waals surface area contributed by atoms with E-state index in [1.807, 2.05) is 49.4 Å². The lowest BCUT2D eigenvalue weighted by Gasteiger charge is -2.08. The van der Waals surface area contributed by atoms with E-state index in [-0.39, 0.29) is 18.3 Å². The zero-order valence-electron chi connectivity index (χ0n) is 17.1. The van der Waals surface area contributed by atoms with Gasteiger partial charge in [0, 0.05) is 28.7 Å². The quantitative estimate of drug-likeness (QED) is 0.352. The summed E-state index contributed by atoms with van der Waals surface area (Å²) in [5, 5.41) is 5.16. The lowest BCUT2D eigenvalue weighted by Crippen LogP contribution is -2.24. The molecule has 6 heteroatoms. The van der Waals surface area contributed by atoms with E-state index in [2.05, 4.69) is 15.1 Å². The molecule has 4 aromatic rings. The number of amides is 1. The molecule has 0 radical (unpaired) electrons. The van der Waals surface area contributed by atoms with Crippen LogP contribution in [-0.2, 0) is 11.3 Å². The molecule has 5 nitrogen and oxygen atoms in total. The molecule has 1 amide bonds. The maximum Gasteiger partial charge on any atom is 0.277 e. The Morgan fingerprint density at radius 3 is 2.52 bits per heavy atom. The van der Waals surface area contributed by atoms with Crippen molar-refractivity contribution in [1.82, 2.24) is 9.99 Å². The summed E-state index contributed by atoms with van der Waals surface area (Å²) in [5.74, 6) is 0.0341. The summed E-state index contributed by atoms with van der Waals surface area (Å²) in [4.78, 5) is 12.0. The van der Waals surface area contributed by atoms with Gasteiger partial charge in [-0.3, -0.25) is 4.79 Å². The minimum Gasteiger partial charge on any atom is -0.484 e. The molecule has 0 bridgehead atoms. The molecule has 0 aliphatic rings. The van der Waals surface area contributed by atoms with Crippen molar-refractivity contribution in [3.05, 3.63) is 102 Å². The Morgan fingerprint density at radius 2 is 1.74 bits per heavy atom. The first-order valence-electron chi connectivity index (χ1n) is 9.94. The molecule has 1 heterocycles. The van der Waals surface area contributed by atoms with Crippen LogP contribution in [0.2, 0.25) is 0 Å². The molecule has 3 aromatic carbocycles. The monoisotopic (exact) mass is 415 g/mol. The Kier molecular flexibility index (Phi) is 6.08. The topological polar surface area (TPSA) is 55.6 Å². The number of hydrogen-bond acceptors (Lipinski definition) is 3. The summed E-state index contributed by atoms with van der Waals surface area (Å²) in [6, 6.07) is 23.6. The van der Waals surface area contributed by atoms with Gasteiger partial charge in [0.25, 0.3) is 5.91 Å². The second kappa shape index (κ2) is 9.26. The van der Waals surface area contributed by atoms with Gasteiger partial charge in [-0.1, -0.05) is 48.5 Å². The Labute approximate surface area is 179 Å². The largest absolute Gasteiger partial charge is 0.484 e. The SMILES string of the molecule is Cc1c(/C=N\NC(=O)COc2ccccc2)c2ccccc2n1Cc1ccc(F)cc1. The molecule has 0 saturated carbocycles. The van der Waals surface area contributed by atoms with Crippen molar-refractivity contribution in [2.24, 2.45) is 5.10 Å². The highest BCUT2D eigenvalue weighted by atomic mass is 19.1. The number of para-hydroxylation sites is 2. The summed E-state index contributed by atoms with van der Waals surface area (Å²) in [6.07, 6.45) is 1.65. The molecule has 0 saturated heterocycles. The third-order valence-corrected chi connectivity index (χ3v) is 5.03. The Morgan fingerprint density at radius 1 is 1.03 bits per heavy atom. The molecule has 0 spiro atoms. The van der Waals surface area contributed by atoms with E-state index in [0.29, 0.717) is 12.3 Å². The van der Waals surface area contributed by atoms with Gasteiger partial charge in [-0.25, -0.2) is 9.82 Å². The predicted molar refractivity (Wildman–Crippen MR) is 120 cm³/mol. The fourth-order valence-corrected chi connectivity index (χ4v) is 3.46. The Bertz CT molecular complexity index is 1210. The molecule has 156 valence electrons. The van der Waals surface area contributed by atoms with Crippen LogP contribution >= 0.6 is 0 Å². The molecular formula is C25H22FN3O2. The maximum atomic E-state index is 13.3. The molecule has 0 atom stereocenters. The van der Waals surface area contributed by atoms with Gasteiger partial charge >= 0.3 is 0 Å². The molecule has 31 heavy (non-hydrogen) atoms. The molecule has 1 N–H and O–H groups in total. The molecule has 0 unspecified atom stereocenters. The smallest absolute Gasteiger partial charge is 0.277 e. The number of halogens is 1. The van der Waals surface area contributed by atoms with Crippen molar-refractivity contribution in [3.8, 4) is 5.75 Å². The minimum absolute atomic E-state index is 0.118. The van der Waals surface area contributed by atoms with E-state index in [1.54, 1.807) is 30.5 Å². The van der Waals surface area contributed by atoms with Gasteiger partial charge in [-0.05, 0) is 42.8 Å². The number of nitrogens with zero attached hydrogens (tertiary/aromatic N) is 2. The van der Waals surface area contributed by atoms with Crippen molar-refractivity contribution >= 4 is 23.0 Å². The number of aromatic nitrogens is 1. The minimum atomic E-state index is -0.340. The van der Waals surface area contributed by atoms with Gasteiger partial charge in [-0.15, -0.1) is 0 Å². The second-order valence-corrected chi connectivity index (χ2v) is 7.12. The van der Waals surface area contributed by atoms with Gasteiger partial charge in [0.2, 0.25) is 0 Å². The van der Waals surface area contributed by atoms with Gasteiger partial charge < -0.3 is 9.30 Å². The first kappa shape index (κ1) is 20.3. The highest BCUT2D eigenvalue weighted by Gasteiger charge is 2.13. The summed E-state index contributed by atoms with van der Waals surface area (Å²) < 4.78 is 20.8. The van der Waals surface area contributed by atoms with Crippen LogP contribution < -0.4 is 10.2 Å².